The maximum Gasteiger partial charge on any atom is 0.304 e. The average Bonchev–Trinajstić information content (AvgIpc) is 3.15. The molecule has 1 fully saturated rings. The molecule has 2 aromatic carbocycles. The first-order valence-electron chi connectivity index (χ1n) is 10.9. The number of halogens is 2. The number of nitrogens with zero attached hydrogens (tertiary/aromatic N) is 2. The van der Waals surface area contributed by atoms with Crippen molar-refractivity contribution in [3.63, 3.8) is 0 Å². The number of nitrogens with two attached hydrogens (primary N) is 2. The maximum atomic E-state index is 13.9. The van der Waals surface area contributed by atoms with Crippen molar-refractivity contribution in [3.05, 3.63) is 70.8 Å². The number of anilines is 1. The zero-order valence-electron chi connectivity index (χ0n) is 18.6. The van der Waals surface area contributed by atoms with Crippen LogP contribution >= 0.6 is 0 Å². The second-order valence-electron chi connectivity index (χ2n) is 8.39. The van der Waals surface area contributed by atoms with E-state index in [0.29, 0.717) is 24.1 Å². The summed E-state index contributed by atoms with van der Waals surface area (Å²) in [6, 6.07) is 10.6. The Kier molecular flexibility index (Phi) is 6.34. The van der Waals surface area contributed by atoms with Crippen LogP contribution in [0.4, 0.5) is 14.6 Å². The van der Waals surface area contributed by atoms with Gasteiger partial charge in [0.05, 0.1) is 6.04 Å². The first-order chi connectivity index (χ1) is 16.2. The molecule has 2 amide bonds. The van der Waals surface area contributed by atoms with Crippen molar-refractivity contribution in [3.8, 4) is 11.3 Å². The number of piperidine rings is 1. The molecule has 0 radical (unpaired) electrons. The normalized spacial score (nSPS) is 17.3. The van der Waals surface area contributed by atoms with E-state index in [4.69, 9.17) is 11.5 Å². The zero-order chi connectivity index (χ0) is 24.5. The molecule has 2 heterocycles. The standard InChI is InChI=1S/C24H26F2N6O2/c1-14-4-2-3-5-18(14)23(34)29-13-15-6-8-16(9-7-15)20-19(22(28)33)21(27)32(31-20)17-10-11-30-24(25,26)12-17/h2-9,17,30H,10-13,27H2,1H3,(H2,28,33)(H,29,34). The number of amides is 2. The van der Waals surface area contributed by atoms with Crippen molar-refractivity contribution < 1.29 is 18.4 Å². The summed E-state index contributed by atoms with van der Waals surface area (Å²) in [5, 5.41) is 9.44. The Bertz CT molecular complexity index is 1220. The van der Waals surface area contributed by atoms with Crippen LogP contribution in [0.2, 0.25) is 0 Å². The molecule has 1 saturated heterocycles. The highest BCUT2D eigenvalue weighted by atomic mass is 19.3. The van der Waals surface area contributed by atoms with Crippen LogP contribution in [0.3, 0.4) is 0 Å². The Morgan fingerprint density at radius 3 is 2.56 bits per heavy atom. The van der Waals surface area contributed by atoms with Crippen LogP contribution < -0.4 is 22.1 Å². The van der Waals surface area contributed by atoms with Crippen LogP contribution in [0.5, 0.6) is 0 Å². The largest absolute Gasteiger partial charge is 0.383 e. The Morgan fingerprint density at radius 2 is 1.91 bits per heavy atom. The fourth-order valence-corrected chi connectivity index (χ4v) is 4.16. The SMILES string of the molecule is Cc1ccccc1C(=O)NCc1ccc(-c2nn(C3CCNC(F)(F)C3)c(N)c2C(N)=O)cc1. The zero-order valence-corrected chi connectivity index (χ0v) is 18.6. The molecule has 1 atom stereocenters. The molecule has 4 rings (SSSR count). The van der Waals surface area contributed by atoms with Crippen LogP contribution in [0.25, 0.3) is 11.3 Å². The molecule has 1 unspecified atom stereocenters. The molecule has 178 valence electrons. The van der Waals surface area contributed by atoms with E-state index in [1.165, 1.54) is 4.68 Å². The highest BCUT2D eigenvalue weighted by Gasteiger charge is 2.38. The summed E-state index contributed by atoms with van der Waals surface area (Å²) >= 11 is 0. The molecule has 1 aliphatic rings. The average molecular weight is 469 g/mol. The predicted octanol–water partition coefficient (Wildman–Crippen LogP) is 2.99. The van der Waals surface area contributed by atoms with Gasteiger partial charge in [-0.05, 0) is 30.5 Å². The number of benzene rings is 2. The van der Waals surface area contributed by atoms with Gasteiger partial charge in [-0.1, -0.05) is 42.5 Å². The fourth-order valence-electron chi connectivity index (χ4n) is 4.16. The highest BCUT2D eigenvalue weighted by molar-refractivity contribution is 6.03. The third-order valence-corrected chi connectivity index (χ3v) is 5.96. The molecule has 0 spiro atoms. The van der Waals surface area contributed by atoms with Gasteiger partial charge in [-0.2, -0.15) is 13.9 Å². The number of nitrogen functional groups attached to an aromatic ring is 1. The summed E-state index contributed by atoms with van der Waals surface area (Å²) in [6.07, 6.45) is -0.102. The molecule has 3 aromatic rings. The molecular weight excluding hydrogens is 442 g/mol. The van der Waals surface area contributed by atoms with Crippen LogP contribution in [-0.2, 0) is 6.54 Å². The van der Waals surface area contributed by atoms with Gasteiger partial charge >= 0.3 is 6.05 Å². The van der Waals surface area contributed by atoms with Gasteiger partial charge in [0.2, 0.25) is 0 Å². The van der Waals surface area contributed by atoms with Gasteiger partial charge in [-0.15, -0.1) is 0 Å². The molecule has 0 saturated carbocycles. The van der Waals surface area contributed by atoms with E-state index in [1.54, 1.807) is 30.3 Å². The lowest BCUT2D eigenvalue weighted by molar-refractivity contribution is -0.0726. The van der Waals surface area contributed by atoms with E-state index < -0.39 is 24.4 Å². The summed E-state index contributed by atoms with van der Waals surface area (Å²) in [6.45, 7) is 2.27. The molecule has 1 aliphatic heterocycles. The first-order valence-corrected chi connectivity index (χ1v) is 10.9. The van der Waals surface area contributed by atoms with Crippen molar-refractivity contribution in [1.29, 1.82) is 0 Å². The summed E-state index contributed by atoms with van der Waals surface area (Å²) in [5.74, 6) is -0.989. The third-order valence-electron chi connectivity index (χ3n) is 5.96. The number of hydrogen-bond acceptors (Lipinski definition) is 5. The number of nitrogens with one attached hydrogen (secondary N) is 2. The second-order valence-corrected chi connectivity index (χ2v) is 8.39. The van der Waals surface area contributed by atoms with Crippen LogP contribution in [0, 0.1) is 6.92 Å². The van der Waals surface area contributed by atoms with Crippen LogP contribution in [0.1, 0.15) is 50.7 Å². The van der Waals surface area contributed by atoms with E-state index in [-0.39, 0.29) is 29.5 Å². The number of rotatable bonds is 6. The lowest BCUT2D eigenvalue weighted by Gasteiger charge is -2.30. The van der Waals surface area contributed by atoms with Crippen molar-refractivity contribution in [1.82, 2.24) is 20.4 Å². The number of carbonyl (C=O) groups is 2. The van der Waals surface area contributed by atoms with Gasteiger partial charge < -0.3 is 16.8 Å². The predicted molar refractivity (Wildman–Crippen MR) is 124 cm³/mol. The second kappa shape index (κ2) is 9.22. The van der Waals surface area contributed by atoms with E-state index in [9.17, 15) is 18.4 Å². The van der Waals surface area contributed by atoms with Crippen molar-refractivity contribution in [2.75, 3.05) is 12.3 Å². The van der Waals surface area contributed by atoms with Crippen molar-refractivity contribution in [2.45, 2.75) is 38.4 Å². The van der Waals surface area contributed by atoms with Gasteiger partial charge in [0.1, 0.15) is 17.1 Å². The first kappa shape index (κ1) is 23.4. The summed E-state index contributed by atoms with van der Waals surface area (Å²) in [7, 11) is 0. The Morgan fingerprint density at radius 1 is 1.21 bits per heavy atom. The number of primary amides is 1. The molecule has 34 heavy (non-hydrogen) atoms. The fraction of sp³-hybridized carbons (Fsp3) is 0.292. The minimum absolute atomic E-state index is 0.00227. The van der Waals surface area contributed by atoms with Gasteiger partial charge in [-0.25, -0.2) is 4.68 Å². The molecule has 8 nitrogen and oxygen atoms in total. The molecule has 0 bridgehead atoms. The molecule has 1 aromatic heterocycles. The van der Waals surface area contributed by atoms with E-state index in [0.717, 1.165) is 11.1 Å². The number of hydrogen-bond donors (Lipinski definition) is 4. The highest BCUT2D eigenvalue weighted by Crippen LogP contribution is 2.35. The lowest BCUT2D eigenvalue weighted by Crippen LogP contribution is -2.44. The number of alkyl halides is 2. The van der Waals surface area contributed by atoms with Gasteiger partial charge in [0.25, 0.3) is 11.8 Å². The van der Waals surface area contributed by atoms with Crippen LogP contribution in [0.15, 0.2) is 48.5 Å². The monoisotopic (exact) mass is 468 g/mol. The quantitative estimate of drug-likeness (QED) is 0.414. The molecule has 10 heteroatoms. The summed E-state index contributed by atoms with van der Waals surface area (Å²) in [5.41, 5.74) is 14.8. The summed E-state index contributed by atoms with van der Waals surface area (Å²) < 4.78 is 29.0. The molecule has 6 N–H and O–H groups in total. The number of aryl methyl sites for hydroxylation is 1. The molecular formula is C24H26F2N6O2. The van der Waals surface area contributed by atoms with E-state index in [2.05, 4.69) is 15.7 Å². The minimum Gasteiger partial charge on any atom is -0.383 e. The van der Waals surface area contributed by atoms with Crippen LogP contribution in [-0.4, -0.2) is 34.2 Å². The Balaban J connectivity index is 1.54. The third kappa shape index (κ3) is 4.76. The maximum absolute atomic E-state index is 13.9. The molecule has 0 aliphatic carbocycles. The Labute approximate surface area is 195 Å². The van der Waals surface area contributed by atoms with Crippen molar-refractivity contribution >= 4 is 17.6 Å². The summed E-state index contributed by atoms with van der Waals surface area (Å²) in [4.78, 5) is 24.6. The number of carbonyl (C=O) groups excluding carboxylic acids is 2. The topological polar surface area (TPSA) is 128 Å². The van der Waals surface area contributed by atoms with E-state index in [1.807, 2.05) is 25.1 Å². The van der Waals surface area contributed by atoms with Gasteiger partial charge in [0, 0.05) is 30.6 Å². The van der Waals surface area contributed by atoms with Gasteiger partial charge in [0.15, 0.2) is 0 Å². The number of aromatic nitrogens is 2. The Hall–Kier alpha value is -3.79. The minimum atomic E-state index is -3.04. The van der Waals surface area contributed by atoms with E-state index >= 15 is 0 Å². The smallest absolute Gasteiger partial charge is 0.304 e. The van der Waals surface area contributed by atoms with Gasteiger partial charge in [-0.3, -0.25) is 14.9 Å². The lowest BCUT2D eigenvalue weighted by atomic mass is 10.0. The van der Waals surface area contributed by atoms with Crippen molar-refractivity contribution in [2.24, 2.45) is 5.73 Å².